The van der Waals surface area contributed by atoms with Gasteiger partial charge in [0, 0.05) is 35.5 Å². The van der Waals surface area contributed by atoms with Crippen LogP contribution in [0.2, 0.25) is 0 Å². The van der Waals surface area contributed by atoms with Gasteiger partial charge in [-0.2, -0.15) is 0 Å². The van der Waals surface area contributed by atoms with Crippen LogP contribution in [0.4, 0.5) is 5.69 Å². The highest BCUT2D eigenvalue weighted by Gasteiger charge is 2.35. The van der Waals surface area contributed by atoms with Crippen LogP contribution in [0.25, 0.3) is 10.9 Å². The average Bonchev–Trinajstić information content (AvgIpc) is 3.07. The lowest BCUT2D eigenvalue weighted by Gasteiger charge is -2.32. The molecular formula is C36H42N7O4+. The van der Waals surface area contributed by atoms with Crippen molar-refractivity contribution in [3.8, 4) is 0 Å². The SMILES string of the molecule is C[n+]1cccc(C[C@H](NC(=O)[C@@H](NC(=O)[C@H](Cc2ccc(N)cc2)NC(=O)c2ccc3ccccc3n2)C2CCCCC2)C(N)=O)c1. The summed E-state index contributed by atoms with van der Waals surface area (Å²) in [4.78, 5) is 58.4. The minimum Gasteiger partial charge on any atom is -0.399 e. The summed E-state index contributed by atoms with van der Waals surface area (Å²) in [5, 5.41) is 9.51. The summed E-state index contributed by atoms with van der Waals surface area (Å²) >= 11 is 0. The highest BCUT2D eigenvalue weighted by Crippen LogP contribution is 2.27. The molecule has 1 aliphatic rings. The Bertz CT molecular complexity index is 1740. The molecule has 4 aromatic rings. The Hall–Kier alpha value is -5.32. The summed E-state index contributed by atoms with van der Waals surface area (Å²) in [6.45, 7) is 0. The molecule has 0 spiro atoms. The fourth-order valence-corrected chi connectivity index (χ4v) is 6.13. The number of anilines is 1. The van der Waals surface area contributed by atoms with Gasteiger partial charge < -0.3 is 27.4 Å². The molecule has 11 heteroatoms. The number of nitrogen functional groups attached to an aromatic ring is 1. The molecular weight excluding hydrogens is 594 g/mol. The number of fused-ring (bicyclic) bond motifs is 1. The average molecular weight is 637 g/mol. The number of para-hydroxylation sites is 1. The maximum atomic E-state index is 14.1. The Morgan fingerprint density at radius 1 is 0.809 bits per heavy atom. The van der Waals surface area contributed by atoms with Gasteiger partial charge in [0.1, 0.15) is 30.9 Å². The number of rotatable bonds is 12. The number of carbonyl (C=O) groups excluding carboxylic acids is 4. The largest absolute Gasteiger partial charge is 0.399 e. The summed E-state index contributed by atoms with van der Waals surface area (Å²) in [6, 6.07) is 18.7. The van der Waals surface area contributed by atoms with Gasteiger partial charge in [-0.1, -0.05) is 55.7 Å². The van der Waals surface area contributed by atoms with Crippen molar-refractivity contribution in [3.63, 3.8) is 0 Å². The lowest BCUT2D eigenvalue weighted by Crippen LogP contribution is -2.59. The molecule has 47 heavy (non-hydrogen) atoms. The molecule has 0 saturated heterocycles. The summed E-state index contributed by atoms with van der Waals surface area (Å²) in [6.07, 6.45) is 8.45. The predicted molar refractivity (Wildman–Crippen MR) is 179 cm³/mol. The van der Waals surface area contributed by atoms with E-state index < -0.39 is 41.8 Å². The number of aromatic nitrogens is 2. The molecule has 2 aromatic heterocycles. The number of primary amides is 1. The first-order valence-corrected chi connectivity index (χ1v) is 16.0. The van der Waals surface area contributed by atoms with Gasteiger partial charge in [-0.05, 0) is 54.7 Å². The zero-order valence-corrected chi connectivity index (χ0v) is 26.5. The first-order valence-electron chi connectivity index (χ1n) is 16.0. The molecule has 5 rings (SSSR count). The van der Waals surface area contributed by atoms with Crippen LogP contribution >= 0.6 is 0 Å². The molecule has 11 nitrogen and oxygen atoms in total. The number of hydrogen-bond acceptors (Lipinski definition) is 6. The molecule has 1 fully saturated rings. The third-order valence-electron chi connectivity index (χ3n) is 8.67. The molecule has 7 N–H and O–H groups in total. The van der Waals surface area contributed by atoms with E-state index in [1.807, 2.05) is 60.4 Å². The van der Waals surface area contributed by atoms with E-state index in [2.05, 4.69) is 20.9 Å². The zero-order chi connectivity index (χ0) is 33.3. The van der Waals surface area contributed by atoms with Gasteiger partial charge >= 0.3 is 0 Å². The first-order chi connectivity index (χ1) is 22.7. The summed E-state index contributed by atoms with van der Waals surface area (Å²) in [7, 11) is 1.87. The number of benzene rings is 2. The van der Waals surface area contributed by atoms with E-state index in [1.165, 1.54) is 0 Å². The molecule has 3 atom stereocenters. The molecule has 244 valence electrons. The van der Waals surface area contributed by atoms with E-state index in [4.69, 9.17) is 11.5 Å². The standard InChI is InChI=1S/C36H41N7O4/c1-43-19-7-8-24(22-43)21-30(33(38)44)40-36(47)32(26-10-3-2-4-11-26)42-35(46)31(20-23-13-16-27(37)17-14-23)41-34(45)29-18-15-25-9-5-6-12-28(25)39-29/h5-9,12-19,22,26,30-32H,2-4,10-11,20-21,37H2,1H3,(H4-,38,40,41,42,44,45,46,47)/p+1/t30-,31-,32-/m0/s1. The van der Waals surface area contributed by atoms with Crippen LogP contribution < -0.4 is 32.0 Å². The second kappa shape index (κ2) is 15.3. The van der Waals surface area contributed by atoms with Crippen LogP contribution in [0, 0.1) is 5.92 Å². The zero-order valence-electron chi connectivity index (χ0n) is 26.5. The van der Waals surface area contributed by atoms with Gasteiger partial charge in [-0.3, -0.25) is 19.2 Å². The summed E-state index contributed by atoms with van der Waals surface area (Å²) in [5.74, 6) is -2.34. The smallest absolute Gasteiger partial charge is 0.270 e. The van der Waals surface area contributed by atoms with E-state index in [0.717, 1.165) is 48.6 Å². The number of nitrogens with one attached hydrogen (secondary N) is 3. The fraction of sp³-hybridized carbons (Fsp3) is 0.333. The van der Waals surface area contributed by atoms with Gasteiger partial charge in [-0.25, -0.2) is 9.55 Å². The summed E-state index contributed by atoms with van der Waals surface area (Å²) < 4.78 is 1.85. The van der Waals surface area contributed by atoms with Crippen molar-refractivity contribution in [1.82, 2.24) is 20.9 Å². The fourth-order valence-electron chi connectivity index (χ4n) is 6.13. The van der Waals surface area contributed by atoms with Crippen molar-refractivity contribution < 1.29 is 23.7 Å². The molecule has 1 saturated carbocycles. The van der Waals surface area contributed by atoms with Crippen molar-refractivity contribution in [3.05, 3.63) is 102 Å². The Labute approximate surface area is 274 Å². The third-order valence-corrected chi connectivity index (χ3v) is 8.67. The Balaban J connectivity index is 1.38. The molecule has 0 bridgehead atoms. The minimum absolute atomic E-state index is 0.147. The van der Waals surface area contributed by atoms with E-state index in [-0.39, 0.29) is 24.5 Å². The monoisotopic (exact) mass is 636 g/mol. The molecule has 0 unspecified atom stereocenters. The number of carbonyl (C=O) groups is 4. The maximum absolute atomic E-state index is 14.1. The Kier molecular flexibility index (Phi) is 10.8. The van der Waals surface area contributed by atoms with Crippen LogP contribution in [-0.2, 0) is 34.3 Å². The molecule has 4 amide bonds. The third kappa shape index (κ3) is 8.90. The van der Waals surface area contributed by atoms with E-state index in [0.29, 0.717) is 11.2 Å². The van der Waals surface area contributed by atoms with Crippen molar-refractivity contribution in [1.29, 1.82) is 0 Å². The van der Waals surface area contributed by atoms with Crippen LogP contribution in [0.1, 0.15) is 53.7 Å². The second-order valence-electron chi connectivity index (χ2n) is 12.3. The molecule has 1 aliphatic carbocycles. The number of hydrogen-bond donors (Lipinski definition) is 5. The Morgan fingerprint density at radius 3 is 2.26 bits per heavy atom. The van der Waals surface area contributed by atoms with Gasteiger partial charge in [0.05, 0.1) is 5.52 Å². The first kappa shape index (κ1) is 33.1. The van der Waals surface area contributed by atoms with Crippen LogP contribution in [0.3, 0.4) is 0 Å². The highest BCUT2D eigenvalue weighted by molar-refractivity contribution is 5.99. The lowest BCUT2D eigenvalue weighted by molar-refractivity contribution is -0.671. The number of nitrogens with zero attached hydrogens (tertiary/aromatic N) is 2. The van der Waals surface area contributed by atoms with E-state index >= 15 is 0 Å². The van der Waals surface area contributed by atoms with Crippen LogP contribution in [0.15, 0.2) is 85.2 Å². The van der Waals surface area contributed by atoms with Crippen molar-refractivity contribution >= 4 is 40.2 Å². The van der Waals surface area contributed by atoms with E-state index in [1.54, 1.807) is 36.4 Å². The van der Waals surface area contributed by atoms with Crippen LogP contribution in [-0.4, -0.2) is 46.7 Å². The summed E-state index contributed by atoms with van der Waals surface area (Å²) in [5.41, 5.74) is 14.6. The van der Waals surface area contributed by atoms with Gasteiger partial charge in [-0.15, -0.1) is 0 Å². The molecule has 0 aliphatic heterocycles. The van der Waals surface area contributed by atoms with Crippen molar-refractivity contribution in [2.75, 3.05) is 5.73 Å². The van der Waals surface area contributed by atoms with Crippen LogP contribution in [0.5, 0.6) is 0 Å². The number of nitrogens with two attached hydrogens (primary N) is 2. The van der Waals surface area contributed by atoms with Gasteiger partial charge in [0.25, 0.3) is 5.91 Å². The highest BCUT2D eigenvalue weighted by atomic mass is 16.2. The molecule has 2 heterocycles. The number of amides is 4. The topological polar surface area (TPSA) is 173 Å². The van der Waals surface area contributed by atoms with Crippen molar-refractivity contribution in [2.24, 2.45) is 18.7 Å². The van der Waals surface area contributed by atoms with Gasteiger partial charge in [0.2, 0.25) is 17.7 Å². The van der Waals surface area contributed by atoms with E-state index in [9.17, 15) is 19.2 Å². The van der Waals surface area contributed by atoms with Gasteiger partial charge in [0.15, 0.2) is 12.4 Å². The second-order valence-corrected chi connectivity index (χ2v) is 12.3. The maximum Gasteiger partial charge on any atom is 0.270 e. The quantitative estimate of drug-likeness (QED) is 0.118. The number of pyridine rings is 2. The number of aryl methyl sites for hydroxylation is 1. The van der Waals surface area contributed by atoms with Crippen molar-refractivity contribution in [2.45, 2.75) is 63.1 Å². The predicted octanol–water partition coefficient (Wildman–Crippen LogP) is 2.26. The normalized spacial score (nSPS) is 15.3. The Morgan fingerprint density at radius 2 is 1.53 bits per heavy atom. The minimum atomic E-state index is -1.03. The molecule has 0 radical (unpaired) electrons. The lowest BCUT2D eigenvalue weighted by atomic mass is 9.83. The molecule has 2 aromatic carbocycles.